The summed E-state index contributed by atoms with van der Waals surface area (Å²) < 4.78 is 13.0. The Labute approximate surface area is 157 Å². The molecule has 138 valence electrons. The number of nitrogens with one attached hydrogen (secondary N) is 2. The molecule has 0 bridgehead atoms. The SMILES string of the molecule is CC(C)[C@H](NC(=O)c1ccc(F)cc1)C(=O)NCCc1ccc(Cl)cc1. The van der Waals surface area contributed by atoms with Gasteiger partial charge < -0.3 is 10.6 Å². The van der Waals surface area contributed by atoms with Gasteiger partial charge in [0.15, 0.2) is 0 Å². The van der Waals surface area contributed by atoms with Crippen molar-refractivity contribution in [2.24, 2.45) is 5.92 Å². The summed E-state index contributed by atoms with van der Waals surface area (Å²) in [5.74, 6) is -1.15. The topological polar surface area (TPSA) is 58.2 Å². The van der Waals surface area contributed by atoms with Gasteiger partial charge in [-0.2, -0.15) is 0 Å². The van der Waals surface area contributed by atoms with Crippen LogP contribution >= 0.6 is 11.6 Å². The Morgan fingerprint density at radius 3 is 2.23 bits per heavy atom. The highest BCUT2D eigenvalue weighted by molar-refractivity contribution is 6.30. The van der Waals surface area contributed by atoms with Crippen LogP contribution < -0.4 is 10.6 Å². The van der Waals surface area contributed by atoms with E-state index in [0.29, 0.717) is 23.6 Å². The minimum atomic E-state index is -0.669. The maximum Gasteiger partial charge on any atom is 0.251 e. The second kappa shape index (κ2) is 9.34. The van der Waals surface area contributed by atoms with Gasteiger partial charge in [0.25, 0.3) is 5.91 Å². The number of hydrogen-bond donors (Lipinski definition) is 2. The van der Waals surface area contributed by atoms with E-state index in [0.717, 1.165) is 5.56 Å². The van der Waals surface area contributed by atoms with Gasteiger partial charge in [-0.15, -0.1) is 0 Å². The lowest BCUT2D eigenvalue weighted by atomic mass is 10.0. The maximum atomic E-state index is 13.0. The highest BCUT2D eigenvalue weighted by Crippen LogP contribution is 2.10. The lowest BCUT2D eigenvalue weighted by Crippen LogP contribution is -2.50. The molecular weight excluding hydrogens is 355 g/mol. The van der Waals surface area contributed by atoms with E-state index >= 15 is 0 Å². The summed E-state index contributed by atoms with van der Waals surface area (Å²) >= 11 is 5.85. The van der Waals surface area contributed by atoms with Gasteiger partial charge in [-0.3, -0.25) is 9.59 Å². The minimum absolute atomic E-state index is 0.0880. The van der Waals surface area contributed by atoms with E-state index in [9.17, 15) is 14.0 Å². The summed E-state index contributed by atoms with van der Waals surface area (Å²) in [7, 11) is 0. The molecule has 2 rings (SSSR count). The van der Waals surface area contributed by atoms with Crippen molar-refractivity contribution in [1.82, 2.24) is 10.6 Å². The average Bonchev–Trinajstić information content (AvgIpc) is 2.61. The molecule has 0 radical (unpaired) electrons. The van der Waals surface area contributed by atoms with Crippen LogP contribution in [0.5, 0.6) is 0 Å². The first-order valence-corrected chi connectivity index (χ1v) is 8.83. The monoisotopic (exact) mass is 376 g/mol. The molecule has 0 aliphatic heterocycles. The first kappa shape index (κ1) is 19.9. The Bertz CT molecular complexity index is 745. The molecule has 2 aromatic carbocycles. The molecule has 1 atom stereocenters. The molecule has 0 heterocycles. The Morgan fingerprint density at radius 1 is 1.04 bits per heavy atom. The smallest absolute Gasteiger partial charge is 0.251 e. The van der Waals surface area contributed by atoms with Gasteiger partial charge in [0, 0.05) is 17.1 Å². The predicted molar refractivity (Wildman–Crippen MR) is 101 cm³/mol. The van der Waals surface area contributed by atoms with Crippen molar-refractivity contribution in [2.45, 2.75) is 26.3 Å². The van der Waals surface area contributed by atoms with E-state index in [4.69, 9.17) is 11.6 Å². The highest BCUT2D eigenvalue weighted by Gasteiger charge is 2.24. The lowest BCUT2D eigenvalue weighted by Gasteiger charge is -2.21. The Kier molecular flexibility index (Phi) is 7.16. The molecule has 2 N–H and O–H groups in total. The Balaban J connectivity index is 1.90. The van der Waals surface area contributed by atoms with E-state index in [1.165, 1.54) is 24.3 Å². The first-order chi connectivity index (χ1) is 12.4. The first-order valence-electron chi connectivity index (χ1n) is 8.45. The molecule has 0 aromatic heterocycles. The standard InChI is InChI=1S/C20H22ClFN2O2/c1-13(2)18(24-19(25)15-5-9-17(22)10-6-15)20(26)23-12-11-14-3-7-16(21)8-4-14/h3-10,13,18H,11-12H2,1-2H3,(H,23,26)(H,24,25)/t18-/m0/s1. The van der Waals surface area contributed by atoms with E-state index < -0.39 is 17.8 Å². The molecule has 0 fully saturated rings. The zero-order chi connectivity index (χ0) is 19.1. The fourth-order valence-corrected chi connectivity index (χ4v) is 2.58. The molecule has 0 unspecified atom stereocenters. The van der Waals surface area contributed by atoms with E-state index in [1.807, 2.05) is 26.0 Å². The highest BCUT2D eigenvalue weighted by atomic mass is 35.5. The fraction of sp³-hybridized carbons (Fsp3) is 0.300. The van der Waals surface area contributed by atoms with E-state index in [-0.39, 0.29) is 11.8 Å². The van der Waals surface area contributed by atoms with E-state index in [1.54, 1.807) is 12.1 Å². The van der Waals surface area contributed by atoms with Crippen LogP contribution in [0.1, 0.15) is 29.8 Å². The second-order valence-corrected chi connectivity index (χ2v) is 6.81. The largest absolute Gasteiger partial charge is 0.354 e. The van der Waals surface area contributed by atoms with Crippen LogP contribution in [0.2, 0.25) is 5.02 Å². The van der Waals surface area contributed by atoms with Crippen LogP contribution in [0, 0.1) is 11.7 Å². The summed E-state index contributed by atoms with van der Waals surface area (Å²) in [6, 6.07) is 12.0. The van der Waals surface area contributed by atoms with Crippen molar-refractivity contribution in [2.75, 3.05) is 6.54 Å². The summed E-state index contributed by atoms with van der Waals surface area (Å²) in [6.07, 6.45) is 0.666. The van der Waals surface area contributed by atoms with Crippen LogP contribution in [0.3, 0.4) is 0 Å². The second-order valence-electron chi connectivity index (χ2n) is 6.37. The quantitative estimate of drug-likeness (QED) is 0.775. The molecule has 2 aromatic rings. The number of rotatable bonds is 7. The maximum absolute atomic E-state index is 13.0. The number of carbonyl (C=O) groups is 2. The van der Waals surface area contributed by atoms with Gasteiger partial charge in [-0.05, 0) is 54.3 Å². The van der Waals surface area contributed by atoms with Gasteiger partial charge in [0.1, 0.15) is 11.9 Å². The number of benzene rings is 2. The number of carbonyl (C=O) groups excluding carboxylic acids is 2. The van der Waals surface area contributed by atoms with Crippen LogP contribution in [0.15, 0.2) is 48.5 Å². The number of amides is 2. The van der Waals surface area contributed by atoms with Gasteiger partial charge in [-0.25, -0.2) is 4.39 Å². The summed E-state index contributed by atoms with van der Waals surface area (Å²) in [5.41, 5.74) is 1.37. The normalized spacial score (nSPS) is 11.9. The lowest BCUT2D eigenvalue weighted by molar-refractivity contribution is -0.123. The number of hydrogen-bond acceptors (Lipinski definition) is 2. The van der Waals surface area contributed by atoms with Crippen molar-refractivity contribution < 1.29 is 14.0 Å². The molecule has 0 saturated heterocycles. The third-order valence-electron chi connectivity index (χ3n) is 3.97. The van der Waals surface area contributed by atoms with Crippen LogP contribution in [-0.4, -0.2) is 24.4 Å². The Morgan fingerprint density at radius 2 is 1.65 bits per heavy atom. The van der Waals surface area contributed by atoms with Crippen LogP contribution in [-0.2, 0) is 11.2 Å². The minimum Gasteiger partial charge on any atom is -0.354 e. The summed E-state index contributed by atoms with van der Waals surface area (Å²) in [5, 5.41) is 6.23. The molecule has 6 heteroatoms. The zero-order valence-electron chi connectivity index (χ0n) is 14.8. The van der Waals surface area contributed by atoms with Gasteiger partial charge in [0.05, 0.1) is 0 Å². The molecule has 0 spiro atoms. The van der Waals surface area contributed by atoms with Crippen molar-refractivity contribution in [3.63, 3.8) is 0 Å². The molecule has 2 amide bonds. The van der Waals surface area contributed by atoms with E-state index in [2.05, 4.69) is 10.6 Å². The summed E-state index contributed by atoms with van der Waals surface area (Å²) in [6.45, 7) is 4.17. The number of halogens is 2. The van der Waals surface area contributed by atoms with Crippen LogP contribution in [0.25, 0.3) is 0 Å². The van der Waals surface area contributed by atoms with Gasteiger partial charge >= 0.3 is 0 Å². The molecule has 0 aliphatic rings. The van der Waals surface area contributed by atoms with Crippen molar-refractivity contribution in [1.29, 1.82) is 0 Å². The zero-order valence-corrected chi connectivity index (χ0v) is 15.5. The Hall–Kier alpha value is -2.40. The molecular formula is C20H22ClFN2O2. The molecule has 0 aliphatic carbocycles. The van der Waals surface area contributed by atoms with Gasteiger partial charge in [0.2, 0.25) is 5.91 Å². The van der Waals surface area contributed by atoms with Crippen molar-refractivity contribution in [3.8, 4) is 0 Å². The summed E-state index contributed by atoms with van der Waals surface area (Å²) in [4.78, 5) is 24.7. The van der Waals surface area contributed by atoms with Crippen molar-refractivity contribution in [3.05, 3.63) is 70.5 Å². The predicted octanol–water partition coefficient (Wildman–Crippen LogP) is 3.59. The fourth-order valence-electron chi connectivity index (χ4n) is 2.45. The van der Waals surface area contributed by atoms with Crippen LogP contribution in [0.4, 0.5) is 4.39 Å². The third kappa shape index (κ3) is 5.85. The average molecular weight is 377 g/mol. The van der Waals surface area contributed by atoms with Gasteiger partial charge in [-0.1, -0.05) is 37.6 Å². The third-order valence-corrected chi connectivity index (χ3v) is 4.22. The molecule has 4 nitrogen and oxygen atoms in total. The molecule has 26 heavy (non-hydrogen) atoms. The molecule has 0 saturated carbocycles. The van der Waals surface area contributed by atoms with Crippen molar-refractivity contribution >= 4 is 23.4 Å².